The Morgan fingerprint density at radius 2 is 1.69 bits per heavy atom. The monoisotopic (exact) mass is 365 g/mol. The van der Waals surface area contributed by atoms with E-state index >= 15 is 0 Å². The molecule has 26 heavy (non-hydrogen) atoms. The fourth-order valence-electron chi connectivity index (χ4n) is 3.00. The second kappa shape index (κ2) is 6.84. The van der Waals surface area contributed by atoms with Crippen LogP contribution in [0, 0.1) is 13.8 Å². The molecule has 0 unspecified atom stereocenters. The molecule has 0 radical (unpaired) electrons. The minimum Gasteiger partial charge on any atom is -0.486 e. The van der Waals surface area contributed by atoms with E-state index in [9.17, 15) is 4.79 Å². The molecule has 0 bridgehead atoms. The minimum absolute atomic E-state index is 0.0869. The van der Waals surface area contributed by atoms with Gasteiger partial charge in [0, 0.05) is 10.6 Å². The van der Waals surface area contributed by atoms with E-state index in [-0.39, 0.29) is 5.91 Å². The Labute approximate surface area is 156 Å². The van der Waals surface area contributed by atoms with Crippen molar-refractivity contribution in [2.24, 2.45) is 0 Å². The number of aryl methyl sites for hydroxylation is 2. The first-order chi connectivity index (χ1) is 12.6. The highest BCUT2D eigenvalue weighted by atomic mass is 32.1. The zero-order valence-corrected chi connectivity index (χ0v) is 15.5. The molecule has 0 saturated heterocycles. The number of para-hydroxylation sites is 1. The molecule has 132 valence electrons. The number of carbonyl (C=O) groups excluding carboxylic acids is 1. The van der Waals surface area contributed by atoms with Crippen molar-refractivity contribution in [1.29, 1.82) is 0 Å². The SMILES string of the molecule is Cc1cccc(C)c1NC(=O)c1ccc(-c2ccc3c(c2)OCCO3)s1. The van der Waals surface area contributed by atoms with E-state index in [0.29, 0.717) is 18.1 Å². The van der Waals surface area contributed by atoms with Crippen LogP contribution >= 0.6 is 11.3 Å². The molecule has 0 fully saturated rings. The third kappa shape index (κ3) is 3.18. The number of ether oxygens (including phenoxy) is 2. The summed E-state index contributed by atoms with van der Waals surface area (Å²) < 4.78 is 11.2. The van der Waals surface area contributed by atoms with Crippen molar-refractivity contribution >= 4 is 22.9 Å². The predicted octanol–water partition coefficient (Wildman–Crippen LogP) is 5.06. The molecule has 1 aliphatic rings. The van der Waals surface area contributed by atoms with Crippen LogP contribution in [0.1, 0.15) is 20.8 Å². The van der Waals surface area contributed by atoms with Gasteiger partial charge >= 0.3 is 0 Å². The standard InChI is InChI=1S/C21H19NO3S/c1-13-4-3-5-14(2)20(13)22-21(23)19-9-8-18(26-19)15-6-7-16-17(12-15)25-11-10-24-16/h3-9,12H,10-11H2,1-2H3,(H,22,23). The molecular formula is C21H19NO3S. The fraction of sp³-hybridized carbons (Fsp3) is 0.190. The first kappa shape index (κ1) is 16.7. The van der Waals surface area contributed by atoms with Crippen LogP contribution < -0.4 is 14.8 Å². The Morgan fingerprint density at radius 3 is 2.46 bits per heavy atom. The van der Waals surface area contributed by atoms with Crippen LogP contribution in [0.2, 0.25) is 0 Å². The first-order valence-electron chi connectivity index (χ1n) is 8.49. The summed E-state index contributed by atoms with van der Waals surface area (Å²) in [6, 6.07) is 15.7. The highest BCUT2D eigenvalue weighted by Crippen LogP contribution is 2.37. The van der Waals surface area contributed by atoms with Crippen LogP contribution in [0.4, 0.5) is 5.69 Å². The molecular weight excluding hydrogens is 346 g/mol. The number of hydrogen-bond acceptors (Lipinski definition) is 4. The normalized spacial score (nSPS) is 12.7. The zero-order chi connectivity index (χ0) is 18.1. The molecule has 2 heterocycles. The molecule has 3 aromatic rings. The Bertz CT molecular complexity index is 957. The number of anilines is 1. The minimum atomic E-state index is -0.0869. The molecule has 0 atom stereocenters. The van der Waals surface area contributed by atoms with Crippen molar-refractivity contribution < 1.29 is 14.3 Å². The fourth-order valence-corrected chi connectivity index (χ4v) is 3.90. The van der Waals surface area contributed by atoms with Crippen LogP contribution in [0.5, 0.6) is 11.5 Å². The second-order valence-corrected chi connectivity index (χ2v) is 7.33. The van der Waals surface area contributed by atoms with Gasteiger partial charge in [0.05, 0.1) is 4.88 Å². The van der Waals surface area contributed by atoms with Crippen LogP contribution in [-0.4, -0.2) is 19.1 Å². The topological polar surface area (TPSA) is 47.6 Å². The van der Waals surface area contributed by atoms with Crippen LogP contribution in [0.15, 0.2) is 48.5 Å². The summed E-state index contributed by atoms with van der Waals surface area (Å²) in [5.74, 6) is 1.43. The Kier molecular flexibility index (Phi) is 4.39. The van der Waals surface area contributed by atoms with Crippen molar-refractivity contribution in [3.05, 3.63) is 64.5 Å². The molecule has 0 spiro atoms. The second-order valence-electron chi connectivity index (χ2n) is 6.24. The van der Waals surface area contributed by atoms with Gasteiger partial charge in [-0.3, -0.25) is 4.79 Å². The number of rotatable bonds is 3. The summed E-state index contributed by atoms with van der Waals surface area (Å²) in [6.45, 7) is 5.13. The lowest BCUT2D eigenvalue weighted by molar-refractivity contribution is 0.103. The van der Waals surface area contributed by atoms with Gasteiger partial charge < -0.3 is 14.8 Å². The van der Waals surface area contributed by atoms with Gasteiger partial charge in [-0.2, -0.15) is 0 Å². The van der Waals surface area contributed by atoms with Crippen molar-refractivity contribution in [3.8, 4) is 21.9 Å². The Hall–Kier alpha value is -2.79. The highest BCUT2D eigenvalue weighted by Gasteiger charge is 2.16. The van der Waals surface area contributed by atoms with Crippen LogP contribution in [0.3, 0.4) is 0 Å². The largest absolute Gasteiger partial charge is 0.486 e. The number of fused-ring (bicyclic) bond motifs is 1. The van der Waals surface area contributed by atoms with E-state index in [0.717, 1.165) is 38.8 Å². The van der Waals surface area contributed by atoms with E-state index in [4.69, 9.17) is 9.47 Å². The maximum atomic E-state index is 12.7. The summed E-state index contributed by atoms with van der Waals surface area (Å²) in [4.78, 5) is 14.4. The van der Waals surface area contributed by atoms with Crippen molar-refractivity contribution in [3.63, 3.8) is 0 Å². The lowest BCUT2D eigenvalue weighted by atomic mass is 10.1. The quantitative estimate of drug-likeness (QED) is 0.706. The number of benzene rings is 2. The maximum Gasteiger partial charge on any atom is 0.265 e. The number of nitrogens with one attached hydrogen (secondary N) is 1. The molecule has 1 aromatic heterocycles. The molecule has 1 aliphatic heterocycles. The number of thiophene rings is 1. The molecule has 1 amide bonds. The van der Waals surface area contributed by atoms with Gasteiger partial charge in [0.15, 0.2) is 11.5 Å². The van der Waals surface area contributed by atoms with Gasteiger partial charge in [-0.15, -0.1) is 11.3 Å². The highest BCUT2D eigenvalue weighted by molar-refractivity contribution is 7.17. The first-order valence-corrected chi connectivity index (χ1v) is 9.31. The van der Waals surface area contributed by atoms with Gasteiger partial charge in [0.2, 0.25) is 0 Å². The van der Waals surface area contributed by atoms with Crippen LogP contribution in [0.25, 0.3) is 10.4 Å². The third-order valence-electron chi connectivity index (χ3n) is 4.38. The lowest BCUT2D eigenvalue weighted by Crippen LogP contribution is -2.15. The molecule has 0 aliphatic carbocycles. The van der Waals surface area contributed by atoms with E-state index in [2.05, 4.69) is 5.32 Å². The Morgan fingerprint density at radius 1 is 0.962 bits per heavy atom. The van der Waals surface area contributed by atoms with Gasteiger partial charge in [-0.05, 0) is 60.9 Å². The number of amides is 1. The summed E-state index contributed by atoms with van der Waals surface area (Å²) in [5, 5.41) is 3.04. The average Bonchev–Trinajstić information content (AvgIpc) is 3.15. The van der Waals surface area contributed by atoms with Gasteiger partial charge in [0.1, 0.15) is 13.2 Å². The van der Waals surface area contributed by atoms with Crippen LogP contribution in [-0.2, 0) is 0 Å². The molecule has 0 saturated carbocycles. The van der Waals surface area contributed by atoms with E-state index in [1.165, 1.54) is 11.3 Å². The third-order valence-corrected chi connectivity index (χ3v) is 5.51. The summed E-state index contributed by atoms with van der Waals surface area (Å²) >= 11 is 1.47. The average molecular weight is 365 g/mol. The zero-order valence-electron chi connectivity index (χ0n) is 14.7. The maximum absolute atomic E-state index is 12.7. The lowest BCUT2D eigenvalue weighted by Gasteiger charge is -2.18. The Balaban J connectivity index is 1.57. The van der Waals surface area contributed by atoms with Crippen molar-refractivity contribution in [1.82, 2.24) is 0 Å². The van der Waals surface area contributed by atoms with Gasteiger partial charge in [-0.25, -0.2) is 0 Å². The van der Waals surface area contributed by atoms with E-state index < -0.39 is 0 Å². The van der Waals surface area contributed by atoms with Crippen molar-refractivity contribution in [2.75, 3.05) is 18.5 Å². The summed E-state index contributed by atoms with van der Waals surface area (Å²) in [5.41, 5.74) is 4.01. The molecule has 2 aromatic carbocycles. The van der Waals surface area contributed by atoms with E-state index in [1.54, 1.807) is 0 Å². The smallest absolute Gasteiger partial charge is 0.265 e. The van der Waals surface area contributed by atoms with Crippen molar-refractivity contribution in [2.45, 2.75) is 13.8 Å². The molecule has 4 rings (SSSR count). The predicted molar refractivity (Wildman–Crippen MR) is 105 cm³/mol. The van der Waals surface area contributed by atoms with Gasteiger partial charge in [0.25, 0.3) is 5.91 Å². The summed E-state index contributed by atoms with van der Waals surface area (Å²) in [6.07, 6.45) is 0. The number of hydrogen-bond donors (Lipinski definition) is 1. The van der Waals surface area contributed by atoms with Gasteiger partial charge in [-0.1, -0.05) is 18.2 Å². The molecule has 5 heteroatoms. The number of carbonyl (C=O) groups is 1. The molecule has 1 N–H and O–H groups in total. The summed E-state index contributed by atoms with van der Waals surface area (Å²) in [7, 11) is 0. The molecule has 4 nitrogen and oxygen atoms in total. The van der Waals surface area contributed by atoms with E-state index in [1.807, 2.05) is 62.4 Å².